The Morgan fingerprint density at radius 2 is 1.89 bits per heavy atom. The molecule has 1 aromatic heterocycles. The molecule has 0 radical (unpaired) electrons. The zero-order valence-corrected chi connectivity index (χ0v) is 15.0. The number of aromatic nitrogens is 2. The van der Waals surface area contributed by atoms with E-state index in [4.69, 9.17) is 0 Å². The number of aromatic amines is 1. The number of nitrogens with zero attached hydrogens (tertiary/aromatic N) is 3. The maximum atomic E-state index is 12.5. The van der Waals surface area contributed by atoms with E-state index in [2.05, 4.69) is 15.6 Å². The highest BCUT2D eigenvalue weighted by atomic mass is 16.6. The molecule has 3 aromatic rings. The van der Waals surface area contributed by atoms with Gasteiger partial charge in [-0.15, -0.1) is 0 Å². The second kappa shape index (κ2) is 8.12. The Balaban J connectivity index is 1.66. The van der Waals surface area contributed by atoms with Crippen LogP contribution in [0, 0.1) is 17.0 Å². The quantitative estimate of drug-likeness (QED) is 0.387. The number of hydrazone groups is 1. The standard InChI is InChI=1S/C19H17N5O4/c1-13-17(19(26)23(22-13)15-5-3-2-4-6-15)12-20-21-18(25)11-14-7-9-16(10-8-14)24(27)28/h2-10,12,22H,11H2,1H3,(H,21,25)/b20-12+. The summed E-state index contributed by atoms with van der Waals surface area (Å²) in [4.78, 5) is 34.6. The number of amides is 1. The van der Waals surface area contributed by atoms with Gasteiger partial charge < -0.3 is 0 Å². The van der Waals surface area contributed by atoms with E-state index in [-0.39, 0.29) is 17.7 Å². The topological polar surface area (TPSA) is 122 Å². The van der Waals surface area contributed by atoms with E-state index >= 15 is 0 Å². The Morgan fingerprint density at radius 3 is 2.54 bits per heavy atom. The molecule has 2 aromatic carbocycles. The average molecular weight is 379 g/mol. The number of carbonyl (C=O) groups is 1. The molecule has 1 heterocycles. The first-order valence-corrected chi connectivity index (χ1v) is 8.38. The van der Waals surface area contributed by atoms with Crippen LogP contribution in [0.1, 0.15) is 16.8 Å². The molecule has 0 saturated heterocycles. The fourth-order valence-electron chi connectivity index (χ4n) is 2.60. The summed E-state index contributed by atoms with van der Waals surface area (Å²) in [5.74, 6) is -0.401. The normalized spacial score (nSPS) is 10.9. The van der Waals surface area contributed by atoms with E-state index in [1.807, 2.05) is 18.2 Å². The first-order chi connectivity index (χ1) is 13.5. The monoisotopic (exact) mass is 379 g/mol. The molecular weight excluding hydrogens is 362 g/mol. The first-order valence-electron chi connectivity index (χ1n) is 8.38. The summed E-state index contributed by atoms with van der Waals surface area (Å²) in [7, 11) is 0. The van der Waals surface area contributed by atoms with Gasteiger partial charge in [0.25, 0.3) is 11.2 Å². The number of carbonyl (C=O) groups excluding carboxylic acids is 1. The molecule has 0 aliphatic carbocycles. The molecule has 0 unspecified atom stereocenters. The van der Waals surface area contributed by atoms with Gasteiger partial charge in [0.2, 0.25) is 5.91 Å². The van der Waals surface area contributed by atoms with E-state index < -0.39 is 10.8 Å². The third-order valence-electron chi connectivity index (χ3n) is 4.03. The van der Waals surface area contributed by atoms with Crippen LogP contribution < -0.4 is 11.0 Å². The largest absolute Gasteiger partial charge is 0.295 e. The lowest BCUT2D eigenvalue weighted by atomic mass is 10.1. The highest BCUT2D eigenvalue weighted by Gasteiger charge is 2.11. The lowest BCUT2D eigenvalue weighted by Gasteiger charge is -2.00. The predicted octanol–water partition coefficient (Wildman–Crippen LogP) is 2.08. The molecule has 2 N–H and O–H groups in total. The second-order valence-corrected chi connectivity index (χ2v) is 6.02. The summed E-state index contributed by atoms with van der Waals surface area (Å²) >= 11 is 0. The molecular formula is C19H17N5O4. The number of hydrogen-bond donors (Lipinski definition) is 2. The Kier molecular flexibility index (Phi) is 5.45. The Labute approximate surface area is 159 Å². The number of non-ortho nitro benzene ring substituents is 1. The van der Waals surface area contributed by atoms with Crippen molar-refractivity contribution in [1.82, 2.24) is 15.2 Å². The molecule has 9 nitrogen and oxygen atoms in total. The van der Waals surface area contributed by atoms with Crippen molar-refractivity contribution in [1.29, 1.82) is 0 Å². The molecule has 0 saturated carbocycles. The third-order valence-corrected chi connectivity index (χ3v) is 4.03. The number of benzene rings is 2. The molecule has 142 valence electrons. The molecule has 0 atom stereocenters. The van der Waals surface area contributed by atoms with Gasteiger partial charge in [0.05, 0.1) is 28.8 Å². The van der Waals surface area contributed by atoms with Gasteiger partial charge >= 0.3 is 0 Å². The van der Waals surface area contributed by atoms with E-state index in [1.165, 1.54) is 35.2 Å². The predicted molar refractivity (Wildman–Crippen MR) is 104 cm³/mol. The van der Waals surface area contributed by atoms with Crippen molar-refractivity contribution in [3.8, 4) is 5.69 Å². The smallest absolute Gasteiger partial charge is 0.280 e. The van der Waals surface area contributed by atoms with Crippen molar-refractivity contribution in [3.63, 3.8) is 0 Å². The SMILES string of the molecule is Cc1[nH]n(-c2ccccc2)c(=O)c1/C=N/NC(=O)Cc1ccc([N+](=O)[O-])cc1. The van der Waals surface area contributed by atoms with E-state index in [0.29, 0.717) is 22.5 Å². The number of H-pyrrole nitrogens is 1. The number of para-hydroxylation sites is 1. The van der Waals surface area contributed by atoms with Crippen LogP contribution in [0.25, 0.3) is 5.69 Å². The van der Waals surface area contributed by atoms with Gasteiger partial charge in [0.1, 0.15) is 0 Å². The average Bonchev–Trinajstić information content (AvgIpc) is 2.97. The van der Waals surface area contributed by atoms with Crippen molar-refractivity contribution in [2.45, 2.75) is 13.3 Å². The highest BCUT2D eigenvalue weighted by Crippen LogP contribution is 2.12. The Bertz CT molecular complexity index is 1080. The zero-order chi connectivity index (χ0) is 20.1. The lowest BCUT2D eigenvalue weighted by molar-refractivity contribution is -0.384. The molecule has 0 bridgehead atoms. The number of rotatable bonds is 6. The number of nitro benzene ring substituents is 1. The van der Waals surface area contributed by atoms with Crippen LogP contribution in [0.4, 0.5) is 5.69 Å². The second-order valence-electron chi connectivity index (χ2n) is 6.02. The van der Waals surface area contributed by atoms with Gasteiger partial charge in [0.15, 0.2) is 0 Å². The molecule has 0 aliphatic heterocycles. The minimum Gasteiger partial charge on any atom is -0.295 e. The van der Waals surface area contributed by atoms with Crippen molar-refractivity contribution in [3.05, 3.63) is 91.9 Å². The summed E-state index contributed by atoms with van der Waals surface area (Å²) in [6, 6.07) is 14.8. The maximum absolute atomic E-state index is 12.5. The molecule has 0 aliphatic rings. The molecule has 28 heavy (non-hydrogen) atoms. The van der Waals surface area contributed by atoms with Crippen LogP contribution >= 0.6 is 0 Å². The fourth-order valence-corrected chi connectivity index (χ4v) is 2.60. The van der Waals surface area contributed by atoms with Crippen molar-refractivity contribution in [2.24, 2.45) is 5.10 Å². The molecule has 1 amide bonds. The summed E-state index contributed by atoms with van der Waals surface area (Å²) < 4.78 is 1.40. The minimum atomic E-state index is -0.504. The van der Waals surface area contributed by atoms with Gasteiger partial charge in [-0.1, -0.05) is 30.3 Å². The van der Waals surface area contributed by atoms with Crippen LogP contribution in [0.3, 0.4) is 0 Å². The van der Waals surface area contributed by atoms with Gasteiger partial charge in [-0.25, -0.2) is 10.1 Å². The Morgan fingerprint density at radius 1 is 1.21 bits per heavy atom. The summed E-state index contributed by atoms with van der Waals surface area (Å²) in [5.41, 5.74) is 4.28. The number of nitrogens with one attached hydrogen (secondary N) is 2. The van der Waals surface area contributed by atoms with Gasteiger partial charge in [-0.3, -0.25) is 24.8 Å². The van der Waals surface area contributed by atoms with E-state index in [9.17, 15) is 19.7 Å². The van der Waals surface area contributed by atoms with Gasteiger partial charge in [0, 0.05) is 17.8 Å². The van der Waals surface area contributed by atoms with Crippen LogP contribution in [0.2, 0.25) is 0 Å². The van der Waals surface area contributed by atoms with Crippen molar-refractivity contribution in [2.75, 3.05) is 0 Å². The maximum Gasteiger partial charge on any atom is 0.280 e. The number of aryl methyl sites for hydroxylation is 1. The summed E-state index contributed by atoms with van der Waals surface area (Å²) in [6.07, 6.45) is 1.30. The zero-order valence-electron chi connectivity index (χ0n) is 15.0. The lowest BCUT2D eigenvalue weighted by Crippen LogP contribution is -2.21. The van der Waals surface area contributed by atoms with Crippen LogP contribution in [0.5, 0.6) is 0 Å². The van der Waals surface area contributed by atoms with Crippen LogP contribution in [0.15, 0.2) is 64.5 Å². The first kappa shape index (κ1) is 18.8. The highest BCUT2D eigenvalue weighted by molar-refractivity contribution is 5.84. The molecule has 3 rings (SSSR count). The van der Waals surface area contributed by atoms with Crippen LogP contribution in [-0.2, 0) is 11.2 Å². The third kappa shape index (κ3) is 4.21. The van der Waals surface area contributed by atoms with E-state index in [1.54, 1.807) is 19.1 Å². The van der Waals surface area contributed by atoms with Crippen molar-refractivity contribution >= 4 is 17.8 Å². The van der Waals surface area contributed by atoms with E-state index in [0.717, 1.165) is 0 Å². The summed E-state index contributed by atoms with van der Waals surface area (Å²) in [6.45, 7) is 1.74. The minimum absolute atomic E-state index is 0.00962. The van der Waals surface area contributed by atoms with Crippen molar-refractivity contribution < 1.29 is 9.72 Å². The number of hydrogen-bond acceptors (Lipinski definition) is 5. The summed E-state index contributed by atoms with van der Waals surface area (Å²) in [5, 5.41) is 17.4. The fraction of sp³-hybridized carbons (Fsp3) is 0.105. The van der Waals surface area contributed by atoms with Gasteiger partial charge in [-0.05, 0) is 24.6 Å². The molecule has 0 fully saturated rings. The van der Waals surface area contributed by atoms with Crippen LogP contribution in [-0.4, -0.2) is 26.8 Å². The molecule has 9 heteroatoms. The Hall–Kier alpha value is -4.01. The number of nitro groups is 1. The van der Waals surface area contributed by atoms with Gasteiger partial charge in [-0.2, -0.15) is 5.10 Å². The molecule has 0 spiro atoms.